The third kappa shape index (κ3) is 5.27. The van der Waals surface area contributed by atoms with E-state index in [4.69, 9.17) is 20.5 Å². The average molecular weight is 478 g/mol. The van der Waals surface area contributed by atoms with Crippen molar-refractivity contribution in [2.75, 3.05) is 13.2 Å². The Morgan fingerprint density at radius 3 is 2.59 bits per heavy atom. The van der Waals surface area contributed by atoms with Gasteiger partial charge in [0.05, 0.1) is 11.1 Å². The fourth-order valence-electron chi connectivity index (χ4n) is 4.20. The monoisotopic (exact) mass is 477 g/mol. The van der Waals surface area contributed by atoms with Gasteiger partial charge in [0.2, 0.25) is 5.91 Å². The molecule has 2 aromatic rings. The van der Waals surface area contributed by atoms with Gasteiger partial charge in [0, 0.05) is 25.6 Å². The van der Waals surface area contributed by atoms with Crippen LogP contribution in [-0.2, 0) is 26.2 Å². The van der Waals surface area contributed by atoms with Gasteiger partial charge in [0.15, 0.2) is 0 Å². The Kier molecular flexibility index (Phi) is 7.08. The summed E-state index contributed by atoms with van der Waals surface area (Å²) in [4.78, 5) is 14.8. The molecule has 0 radical (unpaired) electrons. The van der Waals surface area contributed by atoms with Crippen LogP contribution in [0, 0.1) is 12.8 Å². The van der Waals surface area contributed by atoms with Crippen LogP contribution < -0.4 is 4.18 Å². The highest BCUT2D eigenvalue weighted by Gasteiger charge is 2.31. The van der Waals surface area contributed by atoms with E-state index < -0.39 is 10.1 Å². The lowest BCUT2D eigenvalue weighted by atomic mass is 9.84. The van der Waals surface area contributed by atoms with E-state index >= 15 is 0 Å². The van der Waals surface area contributed by atoms with E-state index in [2.05, 4.69) is 0 Å². The van der Waals surface area contributed by atoms with E-state index in [0.717, 1.165) is 44.3 Å². The second kappa shape index (κ2) is 9.81. The molecule has 1 aliphatic heterocycles. The van der Waals surface area contributed by atoms with Crippen molar-refractivity contribution < 1.29 is 22.1 Å². The number of amides is 1. The standard InChI is InChI=1S/C24H28ClNO5S/c1-17-6-2-12-22(25)23(17)32(28,29)31-20-10-3-7-18(14-20)15-26(16-21-11-5-13-30-21)24(27)19-8-4-9-19/h2-3,6-7,10,12,14,19,21H,4-5,8-9,11,13,15-16H2,1H3. The van der Waals surface area contributed by atoms with Crippen molar-refractivity contribution in [3.05, 3.63) is 58.6 Å². The van der Waals surface area contributed by atoms with Crippen molar-refractivity contribution in [1.82, 2.24) is 4.90 Å². The molecule has 8 heteroatoms. The quantitative estimate of drug-likeness (QED) is 0.514. The number of hydrogen-bond acceptors (Lipinski definition) is 5. The summed E-state index contributed by atoms with van der Waals surface area (Å²) in [5.41, 5.74) is 1.32. The largest absolute Gasteiger partial charge is 0.379 e. The molecule has 1 atom stereocenters. The number of carbonyl (C=O) groups is 1. The summed E-state index contributed by atoms with van der Waals surface area (Å²) >= 11 is 6.13. The van der Waals surface area contributed by atoms with Crippen molar-refractivity contribution >= 4 is 27.6 Å². The van der Waals surface area contributed by atoms with Gasteiger partial charge in [-0.15, -0.1) is 0 Å². The van der Waals surface area contributed by atoms with Gasteiger partial charge < -0.3 is 13.8 Å². The summed E-state index contributed by atoms with van der Waals surface area (Å²) in [7, 11) is -4.10. The zero-order valence-electron chi connectivity index (χ0n) is 18.1. The van der Waals surface area contributed by atoms with Crippen LogP contribution in [0.3, 0.4) is 0 Å². The normalized spacial score (nSPS) is 18.9. The summed E-state index contributed by atoms with van der Waals surface area (Å²) in [5.74, 6) is 0.423. The van der Waals surface area contributed by atoms with Gasteiger partial charge in [0.1, 0.15) is 10.6 Å². The number of carbonyl (C=O) groups excluding carboxylic acids is 1. The lowest BCUT2D eigenvalue weighted by Gasteiger charge is -2.33. The highest BCUT2D eigenvalue weighted by molar-refractivity contribution is 7.87. The molecule has 0 bridgehead atoms. The Labute approximate surface area is 194 Å². The summed E-state index contributed by atoms with van der Waals surface area (Å²) < 4.78 is 36.9. The minimum Gasteiger partial charge on any atom is -0.379 e. The van der Waals surface area contributed by atoms with Crippen LogP contribution in [0.5, 0.6) is 5.75 Å². The summed E-state index contributed by atoms with van der Waals surface area (Å²) in [5, 5.41) is 0.120. The molecule has 1 saturated carbocycles. The molecule has 1 aliphatic carbocycles. The molecule has 0 N–H and O–H groups in total. The fraction of sp³-hybridized carbons (Fsp3) is 0.458. The Morgan fingerprint density at radius 2 is 1.94 bits per heavy atom. The maximum absolute atomic E-state index is 13.0. The van der Waals surface area contributed by atoms with E-state index in [1.807, 2.05) is 11.0 Å². The zero-order valence-corrected chi connectivity index (χ0v) is 19.7. The van der Waals surface area contributed by atoms with Crippen LogP contribution >= 0.6 is 11.6 Å². The van der Waals surface area contributed by atoms with Crippen LogP contribution in [-0.4, -0.2) is 38.5 Å². The minimum absolute atomic E-state index is 0.0350. The van der Waals surface area contributed by atoms with Crippen LogP contribution in [0.15, 0.2) is 47.4 Å². The highest BCUT2D eigenvalue weighted by Crippen LogP contribution is 2.31. The lowest BCUT2D eigenvalue weighted by molar-refractivity contribution is -0.140. The van der Waals surface area contributed by atoms with E-state index in [1.165, 1.54) is 6.07 Å². The van der Waals surface area contributed by atoms with Gasteiger partial charge in [-0.25, -0.2) is 0 Å². The first kappa shape index (κ1) is 23.1. The first-order valence-corrected chi connectivity index (χ1v) is 12.8. The molecule has 0 spiro atoms. The Bertz CT molecular complexity index is 1060. The summed E-state index contributed by atoms with van der Waals surface area (Å²) in [6.45, 7) is 3.35. The molecular weight excluding hydrogens is 450 g/mol. The van der Waals surface area contributed by atoms with Crippen molar-refractivity contribution in [2.45, 2.75) is 56.6 Å². The van der Waals surface area contributed by atoms with Gasteiger partial charge in [-0.3, -0.25) is 4.79 Å². The second-order valence-corrected chi connectivity index (χ2v) is 10.4. The molecular formula is C24H28ClNO5S. The summed E-state index contributed by atoms with van der Waals surface area (Å²) in [6.07, 6.45) is 4.97. The minimum atomic E-state index is -4.10. The predicted octanol–water partition coefficient (Wildman–Crippen LogP) is 4.72. The lowest BCUT2D eigenvalue weighted by Crippen LogP contribution is -2.42. The smallest absolute Gasteiger partial charge is 0.340 e. The maximum Gasteiger partial charge on any atom is 0.340 e. The van der Waals surface area contributed by atoms with Crippen molar-refractivity contribution in [3.63, 3.8) is 0 Å². The van der Waals surface area contributed by atoms with Crippen LogP contribution in [0.1, 0.15) is 43.2 Å². The average Bonchev–Trinajstić information content (AvgIpc) is 3.19. The zero-order chi connectivity index (χ0) is 22.7. The van der Waals surface area contributed by atoms with E-state index in [9.17, 15) is 13.2 Å². The number of ether oxygens (including phenoxy) is 1. The molecule has 1 amide bonds. The van der Waals surface area contributed by atoms with E-state index in [0.29, 0.717) is 18.7 Å². The summed E-state index contributed by atoms with van der Waals surface area (Å²) in [6, 6.07) is 11.8. The number of halogens is 1. The Morgan fingerprint density at radius 1 is 1.16 bits per heavy atom. The Hall–Kier alpha value is -2.09. The maximum atomic E-state index is 13.0. The molecule has 1 unspecified atom stereocenters. The number of rotatable bonds is 8. The predicted molar refractivity (Wildman–Crippen MR) is 122 cm³/mol. The van der Waals surface area contributed by atoms with Crippen molar-refractivity contribution in [2.24, 2.45) is 5.92 Å². The molecule has 2 aromatic carbocycles. The van der Waals surface area contributed by atoms with Crippen LogP contribution in [0.4, 0.5) is 0 Å². The first-order chi connectivity index (χ1) is 15.3. The van der Waals surface area contributed by atoms with Gasteiger partial charge in [0.25, 0.3) is 0 Å². The Balaban J connectivity index is 1.52. The van der Waals surface area contributed by atoms with Crippen molar-refractivity contribution in [1.29, 1.82) is 0 Å². The first-order valence-electron chi connectivity index (χ1n) is 11.0. The van der Waals surface area contributed by atoms with Crippen molar-refractivity contribution in [3.8, 4) is 5.75 Å². The second-order valence-electron chi connectivity index (χ2n) is 8.55. The molecule has 4 rings (SSSR count). The molecule has 1 saturated heterocycles. The molecule has 0 aromatic heterocycles. The fourth-order valence-corrected chi connectivity index (χ4v) is 5.91. The number of hydrogen-bond donors (Lipinski definition) is 0. The molecule has 32 heavy (non-hydrogen) atoms. The third-order valence-corrected chi connectivity index (χ3v) is 7.99. The topological polar surface area (TPSA) is 72.9 Å². The third-order valence-electron chi connectivity index (χ3n) is 6.11. The van der Waals surface area contributed by atoms with Gasteiger partial charge in [-0.1, -0.05) is 42.3 Å². The molecule has 2 fully saturated rings. The molecule has 6 nitrogen and oxygen atoms in total. The van der Waals surface area contributed by atoms with Gasteiger partial charge in [-0.2, -0.15) is 8.42 Å². The SMILES string of the molecule is Cc1cccc(Cl)c1S(=O)(=O)Oc1cccc(CN(CC2CCCO2)C(=O)C2CCC2)c1. The van der Waals surface area contributed by atoms with Crippen LogP contribution in [0.25, 0.3) is 0 Å². The van der Waals surface area contributed by atoms with Gasteiger partial charge >= 0.3 is 10.1 Å². The highest BCUT2D eigenvalue weighted by atomic mass is 35.5. The number of benzene rings is 2. The van der Waals surface area contributed by atoms with E-state index in [-0.39, 0.29) is 33.6 Å². The molecule has 1 heterocycles. The van der Waals surface area contributed by atoms with E-state index in [1.54, 1.807) is 37.3 Å². The number of nitrogens with zero attached hydrogens (tertiary/aromatic N) is 1. The molecule has 172 valence electrons. The molecule has 2 aliphatic rings. The number of aryl methyl sites for hydroxylation is 1. The van der Waals surface area contributed by atoms with Gasteiger partial charge in [-0.05, 0) is 61.9 Å². The van der Waals surface area contributed by atoms with Crippen LogP contribution in [0.2, 0.25) is 5.02 Å².